The van der Waals surface area contributed by atoms with Crippen molar-refractivity contribution in [2.24, 2.45) is 0 Å². The summed E-state index contributed by atoms with van der Waals surface area (Å²) >= 11 is 8.53. The summed E-state index contributed by atoms with van der Waals surface area (Å²) in [6.07, 6.45) is 0. The first kappa shape index (κ1) is 10.5. The number of hydrogen-bond donors (Lipinski definition) is 0. The molecule has 0 bridgehead atoms. The average molecular weight is 270 g/mol. The van der Waals surface area contributed by atoms with E-state index in [2.05, 4.69) is 20.7 Å². The van der Waals surface area contributed by atoms with E-state index in [1.165, 1.54) is 0 Å². The van der Waals surface area contributed by atoms with Crippen LogP contribution < -0.4 is 0 Å². The number of ether oxygens (including phenoxy) is 1. The molecule has 0 aromatic rings. The molecule has 0 unspecified atom stereocenters. The van der Waals surface area contributed by atoms with E-state index < -0.39 is 28.1 Å². The SMILES string of the molecule is COC(=O)C(=O)N1C(=O)[C@H](Br)[C@H]1Cl. The Kier molecular flexibility index (Phi) is 2.92. The molecule has 72 valence electrons. The minimum atomic E-state index is -1.10. The normalized spacial score (nSPS) is 26.7. The van der Waals surface area contributed by atoms with Gasteiger partial charge >= 0.3 is 11.9 Å². The first-order valence-corrected chi connectivity index (χ1v) is 4.59. The second kappa shape index (κ2) is 3.63. The van der Waals surface area contributed by atoms with Crippen molar-refractivity contribution in [1.82, 2.24) is 4.90 Å². The summed E-state index contributed by atoms with van der Waals surface area (Å²) in [4.78, 5) is 32.8. The molecule has 1 heterocycles. The summed E-state index contributed by atoms with van der Waals surface area (Å²) in [6.45, 7) is 0. The van der Waals surface area contributed by atoms with Crippen LogP contribution >= 0.6 is 27.5 Å². The molecule has 0 radical (unpaired) electrons. The predicted molar refractivity (Wildman–Crippen MR) is 46.2 cm³/mol. The monoisotopic (exact) mass is 269 g/mol. The van der Waals surface area contributed by atoms with E-state index in [1.54, 1.807) is 0 Å². The molecule has 1 saturated heterocycles. The van der Waals surface area contributed by atoms with Gasteiger partial charge in [0.25, 0.3) is 0 Å². The van der Waals surface area contributed by atoms with Gasteiger partial charge < -0.3 is 4.74 Å². The van der Waals surface area contributed by atoms with Crippen LogP contribution in [0.2, 0.25) is 0 Å². The Morgan fingerprint density at radius 3 is 2.54 bits per heavy atom. The molecule has 1 fully saturated rings. The maximum Gasteiger partial charge on any atom is 0.397 e. The lowest BCUT2D eigenvalue weighted by Crippen LogP contribution is -2.63. The number of hydrogen-bond acceptors (Lipinski definition) is 4. The van der Waals surface area contributed by atoms with Crippen molar-refractivity contribution in [2.45, 2.75) is 10.3 Å². The van der Waals surface area contributed by atoms with Gasteiger partial charge in [-0.1, -0.05) is 27.5 Å². The molecule has 0 aromatic carbocycles. The van der Waals surface area contributed by atoms with Crippen LogP contribution in [0.4, 0.5) is 0 Å². The van der Waals surface area contributed by atoms with Gasteiger partial charge in [0.2, 0.25) is 5.91 Å². The predicted octanol–water partition coefficient (Wildman–Crippen LogP) is -0.143. The highest BCUT2D eigenvalue weighted by Gasteiger charge is 2.50. The lowest BCUT2D eigenvalue weighted by atomic mass is 10.2. The summed E-state index contributed by atoms with van der Waals surface area (Å²) in [5, 5.41) is 0. The second-order valence-corrected chi connectivity index (χ2v) is 3.71. The Bertz CT molecular complexity index is 282. The lowest BCUT2D eigenvalue weighted by molar-refractivity contribution is -0.166. The van der Waals surface area contributed by atoms with Crippen molar-refractivity contribution >= 4 is 45.3 Å². The number of halogens is 2. The van der Waals surface area contributed by atoms with Crippen LogP contribution in [0.3, 0.4) is 0 Å². The molecule has 0 aromatic heterocycles. The zero-order valence-corrected chi connectivity index (χ0v) is 8.83. The smallest absolute Gasteiger partial charge is 0.397 e. The van der Waals surface area contributed by atoms with E-state index in [-0.39, 0.29) is 0 Å². The van der Waals surface area contributed by atoms with Crippen molar-refractivity contribution in [2.75, 3.05) is 7.11 Å². The maximum absolute atomic E-state index is 11.0. The minimum Gasteiger partial charge on any atom is -0.462 e. The Hall–Kier alpha value is -0.620. The summed E-state index contributed by atoms with van der Waals surface area (Å²) in [7, 11) is 1.05. The maximum atomic E-state index is 11.0. The van der Waals surface area contributed by atoms with Crippen LogP contribution in [0.15, 0.2) is 0 Å². The van der Waals surface area contributed by atoms with Gasteiger partial charge in [-0.05, 0) is 0 Å². The zero-order chi connectivity index (χ0) is 10.2. The fraction of sp³-hybridized carbons (Fsp3) is 0.500. The number of esters is 1. The zero-order valence-electron chi connectivity index (χ0n) is 6.49. The highest BCUT2D eigenvalue weighted by Crippen LogP contribution is 2.29. The van der Waals surface area contributed by atoms with Crippen LogP contribution in [-0.2, 0) is 19.1 Å². The van der Waals surface area contributed by atoms with E-state index in [1.807, 2.05) is 0 Å². The third-order valence-electron chi connectivity index (χ3n) is 1.54. The van der Waals surface area contributed by atoms with Gasteiger partial charge in [0, 0.05) is 0 Å². The summed E-state index contributed by atoms with van der Waals surface area (Å²) in [6, 6.07) is 0. The van der Waals surface area contributed by atoms with E-state index in [9.17, 15) is 14.4 Å². The van der Waals surface area contributed by atoms with Crippen LogP contribution in [0.25, 0.3) is 0 Å². The molecular weight excluding hydrogens is 265 g/mol. The molecule has 0 aliphatic carbocycles. The third-order valence-corrected chi connectivity index (χ3v) is 3.18. The first-order chi connectivity index (χ1) is 6.00. The molecule has 0 saturated carbocycles. The number of alkyl halides is 2. The summed E-state index contributed by atoms with van der Waals surface area (Å²) < 4.78 is 4.14. The first-order valence-electron chi connectivity index (χ1n) is 3.24. The molecule has 1 aliphatic heterocycles. The Labute approximate surface area is 87.1 Å². The molecule has 13 heavy (non-hydrogen) atoms. The van der Waals surface area contributed by atoms with Crippen molar-refractivity contribution in [3.05, 3.63) is 0 Å². The number of carbonyl (C=O) groups is 3. The summed E-state index contributed by atoms with van der Waals surface area (Å²) in [5.74, 6) is -2.67. The van der Waals surface area contributed by atoms with Crippen molar-refractivity contribution in [3.63, 3.8) is 0 Å². The van der Waals surface area contributed by atoms with Crippen LogP contribution in [0.5, 0.6) is 0 Å². The quantitative estimate of drug-likeness (QED) is 0.202. The molecule has 1 aliphatic rings. The molecule has 2 amide bonds. The molecule has 1 rings (SSSR count). The number of methoxy groups -OCH3 is 1. The Morgan fingerprint density at radius 1 is 1.62 bits per heavy atom. The lowest BCUT2D eigenvalue weighted by Gasteiger charge is -2.37. The number of amides is 2. The van der Waals surface area contributed by atoms with E-state index >= 15 is 0 Å². The highest BCUT2D eigenvalue weighted by molar-refractivity contribution is 9.10. The number of nitrogens with zero attached hydrogens (tertiary/aromatic N) is 1. The van der Waals surface area contributed by atoms with E-state index in [0.717, 1.165) is 7.11 Å². The summed E-state index contributed by atoms with van der Waals surface area (Å²) in [5.41, 5.74) is -0.820. The number of rotatable bonds is 0. The molecular formula is C6H5BrClNO4. The van der Waals surface area contributed by atoms with Crippen molar-refractivity contribution < 1.29 is 19.1 Å². The van der Waals surface area contributed by atoms with Gasteiger partial charge in [0.05, 0.1) is 7.11 Å². The average Bonchev–Trinajstić information content (AvgIpc) is 2.16. The number of carbonyl (C=O) groups excluding carboxylic acids is 3. The second-order valence-electron chi connectivity index (χ2n) is 2.28. The van der Waals surface area contributed by atoms with Crippen LogP contribution in [0.1, 0.15) is 0 Å². The molecule has 0 spiro atoms. The Balaban J connectivity index is 2.70. The highest BCUT2D eigenvalue weighted by atomic mass is 79.9. The van der Waals surface area contributed by atoms with Crippen molar-refractivity contribution in [1.29, 1.82) is 0 Å². The van der Waals surface area contributed by atoms with Crippen LogP contribution in [0, 0.1) is 0 Å². The van der Waals surface area contributed by atoms with E-state index in [4.69, 9.17) is 11.6 Å². The third kappa shape index (κ3) is 1.55. The van der Waals surface area contributed by atoms with Gasteiger partial charge in [0.1, 0.15) is 10.3 Å². The number of β-lactam (4-membered cyclic amide) rings is 1. The number of likely N-dealkylation sites (tertiary alicyclic amines) is 1. The minimum absolute atomic E-state index is 0.532. The molecule has 7 heteroatoms. The van der Waals surface area contributed by atoms with E-state index in [0.29, 0.717) is 4.90 Å². The molecule has 5 nitrogen and oxygen atoms in total. The van der Waals surface area contributed by atoms with Gasteiger partial charge in [-0.3, -0.25) is 14.5 Å². The largest absolute Gasteiger partial charge is 0.462 e. The number of imide groups is 1. The van der Waals surface area contributed by atoms with Gasteiger partial charge in [-0.15, -0.1) is 0 Å². The van der Waals surface area contributed by atoms with Gasteiger partial charge in [-0.2, -0.15) is 0 Å². The van der Waals surface area contributed by atoms with Gasteiger partial charge in [-0.25, -0.2) is 4.79 Å². The van der Waals surface area contributed by atoms with Crippen LogP contribution in [-0.4, -0.2) is 40.1 Å². The molecule has 2 atom stereocenters. The molecule has 0 N–H and O–H groups in total. The topological polar surface area (TPSA) is 63.7 Å². The Morgan fingerprint density at radius 2 is 2.15 bits per heavy atom. The fourth-order valence-electron chi connectivity index (χ4n) is 0.819. The fourth-order valence-corrected chi connectivity index (χ4v) is 1.57. The standard InChI is InChI=1S/C6H5BrClNO4/c1-13-6(12)5(11)9-3(8)2(7)4(9)10/h2-3H,1H3/t2-,3+/m1/s1. The van der Waals surface area contributed by atoms with Crippen molar-refractivity contribution in [3.8, 4) is 0 Å². The van der Waals surface area contributed by atoms with Gasteiger partial charge in [0.15, 0.2) is 0 Å².